The molecule has 1 unspecified atom stereocenters. The number of anilines is 1. The molecule has 0 aliphatic carbocycles. The second-order valence-electron chi connectivity index (χ2n) is 3.73. The van der Waals surface area contributed by atoms with Gasteiger partial charge in [-0.2, -0.15) is 0 Å². The highest BCUT2D eigenvalue weighted by Crippen LogP contribution is 2.16. The van der Waals surface area contributed by atoms with Crippen LogP contribution in [0.4, 0.5) is 5.69 Å². The van der Waals surface area contributed by atoms with Gasteiger partial charge in [0.15, 0.2) is 0 Å². The van der Waals surface area contributed by atoms with Gasteiger partial charge in [0.1, 0.15) is 0 Å². The summed E-state index contributed by atoms with van der Waals surface area (Å²) in [5, 5.41) is 12.6. The highest BCUT2D eigenvalue weighted by Gasteiger charge is 2.07. The van der Waals surface area contributed by atoms with Crippen LogP contribution in [0, 0.1) is 0 Å². The summed E-state index contributed by atoms with van der Waals surface area (Å²) in [7, 11) is 0. The average Bonchev–Trinajstić information content (AvgIpc) is 2.29. The van der Waals surface area contributed by atoms with Crippen molar-refractivity contribution in [3.05, 3.63) is 24.0 Å². The van der Waals surface area contributed by atoms with Gasteiger partial charge in [-0.1, -0.05) is 20.3 Å². The van der Waals surface area contributed by atoms with E-state index in [1.807, 2.05) is 6.07 Å². The van der Waals surface area contributed by atoms with Gasteiger partial charge in [0.25, 0.3) is 0 Å². The Kier molecular flexibility index (Phi) is 5.12. The zero-order chi connectivity index (χ0) is 11.1. The lowest BCUT2D eigenvalue weighted by atomic mass is 10.1. The summed E-state index contributed by atoms with van der Waals surface area (Å²) >= 11 is 0. The molecule has 0 spiro atoms. The lowest BCUT2D eigenvalue weighted by Gasteiger charge is -2.18. The number of aliphatic hydroxyl groups excluding tert-OH is 1. The third-order valence-electron chi connectivity index (χ3n) is 2.57. The lowest BCUT2D eigenvalue weighted by molar-refractivity contribution is 0.282. The molecule has 15 heavy (non-hydrogen) atoms. The third-order valence-corrected chi connectivity index (χ3v) is 2.57. The van der Waals surface area contributed by atoms with E-state index in [1.54, 1.807) is 12.4 Å². The first-order valence-electron chi connectivity index (χ1n) is 5.62. The van der Waals surface area contributed by atoms with Crippen LogP contribution in [-0.4, -0.2) is 16.1 Å². The summed E-state index contributed by atoms with van der Waals surface area (Å²) in [4.78, 5) is 4.07. The fourth-order valence-electron chi connectivity index (χ4n) is 1.64. The van der Waals surface area contributed by atoms with E-state index in [9.17, 15) is 0 Å². The van der Waals surface area contributed by atoms with E-state index >= 15 is 0 Å². The SMILES string of the molecule is CCCC(CC)Nc1cnccc1CO. The van der Waals surface area contributed by atoms with E-state index in [1.165, 1.54) is 6.42 Å². The minimum absolute atomic E-state index is 0.0629. The molecule has 2 N–H and O–H groups in total. The third kappa shape index (κ3) is 3.51. The van der Waals surface area contributed by atoms with E-state index in [0.717, 1.165) is 24.1 Å². The van der Waals surface area contributed by atoms with Crippen LogP contribution in [0.15, 0.2) is 18.5 Å². The molecule has 1 heterocycles. The molecule has 0 fully saturated rings. The van der Waals surface area contributed by atoms with Crippen molar-refractivity contribution < 1.29 is 5.11 Å². The highest BCUT2D eigenvalue weighted by molar-refractivity contribution is 5.49. The minimum atomic E-state index is 0.0629. The molecule has 0 saturated carbocycles. The summed E-state index contributed by atoms with van der Waals surface area (Å²) in [6.45, 7) is 4.41. The highest BCUT2D eigenvalue weighted by atomic mass is 16.3. The molecular formula is C12H20N2O. The minimum Gasteiger partial charge on any atom is -0.392 e. The maximum atomic E-state index is 9.17. The summed E-state index contributed by atoms with van der Waals surface area (Å²) in [6, 6.07) is 2.32. The van der Waals surface area contributed by atoms with Crippen LogP contribution in [0.25, 0.3) is 0 Å². The summed E-state index contributed by atoms with van der Waals surface area (Å²) < 4.78 is 0. The van der Waals surface area contributed by atoms with Crippen molar-refractivity contribution in [2.24, 2.45) is 0 Å². The summed E-state index contributed by atoms with van der Waals surface area (Å²) in [6.07, 6.45) is 6.89. The van der Waals surface area contributed by atoms with E-state index in [4.69, 9.17) is 5.11 Å². The number of pyridine rings is 1. The normalized spacial score (nSPS) is 12.5. The maximum absolute atomic E-state index is 9.17. The fraction of sp³-hybridized carbons (Fsp3) is 0.583. The van der Waals surface area contributed by atoms with Crippen LogP contribution in [0.1, 0.15) is 38.7 Å². The van der Waals surface area contributed by atoms with Crippen molar-refractivity contribution in [1.29, 1.82) is 0 Å². The largest absolute Gasteiger partial charge is 0.392 e. The van der Waals surface area contributed by atoms with Crippen molar-refractivity contribution in [1.82, 2.24) is 4.98 Å². The van der Waals surface area contributed by atoms with Gasteiger partial charge in [-0.25, -0.2) is 0 Å². The molecule has 0 radical (unpaired) electrons. The quantitative estimate of drug-likeness (QED) is 0.755. The van der Waals surface area contributed by atoms with Crippen molar-refractivity contribution >= 4 is 5.69 Å². The Morgan fingerprint density at radius 1 is 1.47 bits per heavy atom. The van der Waals surface area contributed by atoms with E-state index in [0.29, 0.717) is 6.04 Å². The molecule has 0 amide bonds. The molecule has 3 nitrogen and oxygen atoms in total. The molecule has 1 rings (SSSR count). The van der Waals surface area contributed by atoms with Gasteiger partial charge in [0, 0.05) is 17.8 Å². The topological polar surface area (TPSA) is 45.2 Å². The van der Waals surface area contributed by atoms with Crippen LogP contribution in [0.5, 0.6) is 0 Å². The van der Waals surface area contributed by atoms with Crippen LogP contribution in [-0.2, 0) is 6.61 Å². The van der Waals surface area contributed by atoms with Gasteiger partial charge < -0.3 is 10.4 Å². The Morgan fingerprint density at radius 2 is 2.27 bits per heavy atom. The van der Waals surface area contributed by atoms with Crippen LogP contribution in [0.2, 0.25) is 0 Å². The van der Waals surface area contributed by atoms with Crippen molar-refractivity contribution in [2.75, 3.05) is 5.32 Å². The molecule has 1 aromatic rings. The molecule has 0 aliphatic rings. The Hall–Kier alpha value is -1.09. The second kappa shape index (κ2) is 6.40. The first-order valence-corrected chi connectivity index (χ1v) is 5.62. The Labute approximate surface area is 91.5 Å². The number of rotatable bonds is 6. The van der Waals surface area contributed by atoms with Gasteiger partial charge >= 0.3 is 0 Å². The second-order valence-corrected chi connectivity index (χ2v) is 3.73. The molecule has 1 aromatic heterocycles. The molecule has 3 heteroatoms. The molecular weight excluding hydrogens is 188 g/mol. The Bertz CT molecular complexity index is 289. The predicted octanol–water partition coefficient (Wildman–Crippen LogP) is 2.56. The monoisotopic (exact) mass is 208 g/mol. The summed E-state index contributed by atoms with van der Waals surface area (Å²) in [5.41, 5.74) is 1.87. The van der Waals surface area contributed by atoms with Crippen molar-refractivity contribution in [3.8, 4) is 0 Å². The molecule has 84 valence electrons. The van der Waals surface area contributed by atoms with E-state index in [-0.39, 0.29) is 6.61 Å². The smallest absolute Gasteiger partial charge is 0.0703 e. The summed E-state index contributed by atoms with van der Waals surface area (Å²) in [5.74, 6) is 0. The molecule has 1 atom stereocenters. The standard InChI is InChI=1S/C12H20N2O/c1-3-5-11(4-2)14-12-8-13-7-6-10(12)9-15/h6-8,11,14-15H,3-5,9H2,1-2H3. The number of nitrogens with one attached hydrogen (secondary N) is 1. The van der Waals surface area contributed by atoms with Crippen molar-refractivity contribution in [3.63, 3.8) is 0 Å². The van der Waals surface area contributed by atoms with Gasteiger partial charge in [-0.3, -0.25) is 4.98 Å². The van der Waals surface area contributed by atoms with Gasteiger partial charge in [-0.15, -0.1) is 0 Å². The van der Waals surface area contributed by atoms with Crippen LogP contribution in [0.3, 0.4) is 0 Å². The first-order chi connectivity index (χ1) is 7.31. The Balaban J connectivity index is 2.69. The van der Waals surface area contributed by atoms with Crippen molar-refractivity contribution in [2.45, 2.75) is 45.8 Å². The lowest BCUT2D eigenvalue weighted by Crippen LogP contribution is -2.19. The van der Waals surface area contributed by atoms with Crippen LogP contribution < -0.4 is 5.32 Å². The zero-order valence-corrected chi connectivity index (χ0v) is 9.53. The van der Waals surface area contributed by atoms with Gasteiger partial charge in [0.2, 0.25) is 0 Å². The number of hydrogen-bond donors (Lipinski definition) is 2. The zero-order valence-electron chi connectivity index (χ0n) is 9.53. The van der Waals surface area contributed by atoms with E-state index < -0.39 is 0 Å². The number of nitrogens with zero attached hydrogens (tertiary/aromatic N) is 1. The molecule has 0 aliphatic heterocycles. The van der Waals surface area contributed by atoms with E-state index in [2.05, 4.69) is 24.1 Å². The van der Waals surface area contributed by atoms with Crippen LogP contribution >= 0.6 is 0 Å². The van der Waals surface area contributed by atoms with Gasteiger partial charge in [-0.05, 0) is 18.9 Å². The number of aromatic nitrogens is 1. The fourth-order valence-corrected chi connectivity index (χ4v) is 1.64. The maximum Gasteiger partial charge on any atom is 0.0703 e. The Morgan fingerprint density at radius 3 is 2.87 bits per heavy atom. The first kappa shape index (κ1) is 12.0. The molecule has 0 saturated heterocycles. The van der Waals surface area contributed by atoms with Gasteiger partial charge in [0.05, 0.1) is 18.5 Å². The number of hydrogen-bond acceptors (Lipinski definition) is 3. The molecule has 0 aromatic carbocycles. The number of aliphatic hydroxyl groups is 1. The molecule has 0 bridgehead atoms. The predicted molar refractivity (Wildman–Crippen MR) is 62.8 cm³/mol. The average molecular weight is 208 g/mol.